The zero-order valence-corrected chi connectivity index (χ0v) is 11.4. The summed E-state index contributed by atoms with van der Waals surface area (Å²) in [5.74, 6) is 0.293. The molecule has 1 rings (SSSR count). The molecular formula is C16H22O2. The van der Waals surface area contributed by atoms with Gasteiger partial charge in [-0.1, -0.05) is 50.3 Å². The Morgan fingerprint density at radius 1 is 1.33 bits per heavy atom. The standard InChI is InChI=1S/C16H22O2/c1-5-15(14-9-7-6-8-10-14)16(11-12(2)3)18-13(4)17/h5-10,12,15-16H,1,11H2,2-4H3/t15-,16-/m0/s1. The molecule has 0 aromatic heterocycles. The number of benzene rings is 1. The lowest BCUT2D eigenvalue weighted by Gasteiger charge is -2.26. The number of hydrogen-bond acceptors (Lipinski definition) is 2. The van der Waals surface area contributed by atoms with Gasteiger partial charge in [-0.25, -0.2) is 0 Å². The van der Waals surface area contributed by atoms with E-state index >= 15 is 0 Å². The van der Waals surface area contributed by atoms with Crippen molar-refractivity contribution in [1.29, 1.82) is 0 Å². The van der Waals surface area contributed by atoms with Crippen molar-refractivity contribution in [2.75, 3.05) is 0 Å². The molecule has 0 unspecified atom stereocenters. The molecule has 0 fully saturated rings. The largest absolute Gasteiger partial charge is 0.462 e. The number of carbonyl (C=O) groups excluding carboxylic acids is 1. The molecule has 0 heterocycles. The van der Waals surface area contributed by atoms with Crippen molar-refractivity contribution < 1.29 is 9.53 Å². The second-order valence-corrected chi connectivity index (χ2v) is 4.95. The number of esters is 1. The van der Waals surface area contributed by atoms with Crippen LogP contribution in [-0.2, 0) is 9.53 Å². The van der Waals surface area contributed by atoms with Gasteiger partial charge in [-0.3, -0.25) is 4.79 Å². The minimum Gasteiger partial charge on any atom is -0.462 e. The molecule has 0 spiro atoms. The second kappa shape index (κ2) is 7.00. The Labute approximate surface area is 110 Å². The summed E-state index contributed by atoms with van der Waals surface area (Å²) in [5.41, 5.74) is 1.14. The van der Waals surface area contributed by atoms with E-state index < -0.39 is 0 Å². The predicted molar refractivity (Wildman–Crippen MR) is 74.4 cm³/mol. The van der Waals surface area contributed by atoms with Crippen LogP contribution in [0, 0.1) is 5.92 Å². The van der Waals surface area contributed by atoms with Crippen LogP contribution in [0.1, 0.15) is 38.7 Å². The molecule has 2 atom stereocenters. The first-order valence-electron chi connectivity index (χ1n) is 6.39. The first kappa shape index (κ1) is 14.5. The van der Waals surface area contributed by atoms with E-state index in [-0.39, 0.29) is 18.0 Å². The van der Waals surface area contributed by atoms with Crippen LogP contribution in [0.25, 0.3) is 0 Å². The van der Waals surface area contributed by atoms with E-state index in [4.69, 9.17) is 4.74 Å². The fourth-order valence-corrected chi connectivity index (χ4v) is 2.12. The Hall–Kier alpha value is -1.57. The number of rotatable bonds is 6. The summed E-state index contributed by atoms with van der Waals surface area (Å²) in [6.45, 7) is 9.59. The van der Waals surface area contributed by atoms with E-state index in [0.717, 1.165) is 12.0 Å². The third kappa shape index (κ3) is 4.36. The molecule has 0 amide bonds. The van der Waals surface area contributed by atoms with Gasteiger partial charge < -0.3 is 4.74 Å². The van der Waals surface area contributed by atoms with Crippen LogP contribution >= 0.6 is 0 Å². The Morgan fingerprint density at radius 3 is 2.39 bits per heavy atom. The minimum atomic E-state index is -0.233. The molecule has 98 valence electrons. The van der Waals surface area contributed by atoms with Gasteiger partial charge in [0.1, 0.15) is 6.10 Å². The maximum absolute atomic E-state index is 11.2. The van der Waals surface area contributed by atoms with Crippen LogP contribution < -0.4 is 0 Å². The summed E-state index contributed by atoms with van der Waals surface area (Å²) in [5, 5.41) is 0. The highest BCUT2D eigenvalue weighted by molar-refractivity contribution is 5.66. The van der Waals surface area contributed by atoms with Crippen molar-refractivity contribution in [2.45, 2.75) is 39.2 Å². The average Bonchev–Trinajstić information content (AvgIpc) is 2.29. The van der Waals surface area contributed by atoms with Crippen molar-refractivity contribution in [3.8, 4) is 0 Å². The first-order valence-corrected chi connectivity index (χ1v) is 6.39. The molecule has 0 saturated heterocycles. The van der Waals surface area contributed by atoms with Gasteiger partial charge in [-0.15, -0.1) is 6.58 Å². The molecule has 0 aliphatic carbocycles. The molecule has 0 aliphatic rings. The van der Waals surface area contributed by atoms with Crippen molar-refractivity contribution in [3.05, 3.63) is 48.6 Å². The smallest absolute Gasteiger partial charge is 0.302 e. The highest BCUT2D eigenvalue weighted by Crippen LogP contribution is 2.27. The Bertz CT molecular complexity index is 381. The van der Waals surface area contributed by atoms with Crippen molar-refractivity contribution in [1.82, 2.24) is 0 Å². The van der Waals surface area contributed by atoms with Crippen LogP contribution in [0.5, 0.6) is 0 Å². The molecule has 1 aromatic rings. The van der Waals surface area contributed by atoms with Gasteiger partial charge >= 0.3 is 5.97 Å². The first-order chi connectivity index (χ1) is 8.54. The second-order valence-electron chi connectivity index (χ2n) is 4.95. The predicted octanol–water partition coefficient (Wildman–Crippen LogP) is 3.93. The van der Waals surface area contributed by atoms with Gasteiger partial charge in [0.05, 0.1) is 0 Å². The maximum atomic E-state index is 11.2. The molecule has 0 saturated carbocycles. The number of ether oxygens (including phenoxy) is 1. The third-order valence-electron chi connectivity index (χ3n) is 2.86. The molecule has 2 nitrogen and oxygen atoms in total. The van der Waals surface area contributed by atoms with Gasteiger partial charge in [0.2, 0.25) is 0 Å². The van der Waals surface area contributed by atoms with Gasteiger partial charge in [-0.05, 0) is 17.9 Å². The fourth-order valence-electron chi connectivity index (χ4n) is 2.12. The summed E-state index contributed by atoms with van der Waals surface area (Å²) < 4.78 is 5.46. The highest BCUT2D eigenvalue weighted by Gasteiger charge is 2.24. The van der Waals surface area contributed by atoms with Gasteiger partial charge in [-0.2, -0.15) is 0 Å². The average molecular weight is 246 g/mol. The Kier molecular flexibility index (Phi) is 5.63. The summed E-state index contributed by atoms with van der Waals surface area (Å²) >= 11 is 0. The lowest BCUT2D eigenvalue weighted by Crippen LogP contribution is -2.25. The van der Waals surface area contributed by atoms with Crippen LogP contribution in [0.2, 0.25) is 0 Å². The monoisotopic (exact) mass is 246 g/mol. The van der Waals surface area contributed by atoms with Gasteiger partial charge in [0.25, 0.3) is 0 Å². The minimum absolute atomic E-state index is 0.0532. The maximum Gasteiger partial charge on any atom is 0.302 e. The van der Waals surface area contributed by atoms with Crippen molar-refractivity contribution in [3.63, 3.8) is 0 Å². The van der Waals surface area contributed by atoms with Crippen molar-refractivity contribution >= 4 is 5.97 Å². The third-order valence-corrected chi connectivity index (χ3v) is 2.86. The fraction of sp³-hybridized carbons (Fsp3) is 0.438. The summed E-state index contributed by atoms with van der Waals surface area (Å²) in [6, 6.07) is 10.1. The van der Waals surface area contributed by atoms with E-state index in [1.54, 1.807) is 0 Å². The van der Waals surface area contributed by atoms with E-state index in [2.05, 4.69) is 20.4 Å². The molecule has 2 heteroatoms. The van der Waals surface area contributed by atoms with Crippen molar-refractivity contribution in [2.24, 2.45) is 5.92 Å². The van der Waals surface area contributed by atoms with E-state index in [9.17, 15) is 4.79 Å². The van der Waals surface area contributed by atoms with E-state index in [1.165, 1.54) is 6.92 Å². The lowest BCUT2D eigenvalue weighted by atomic mass is 9.88. The summed E-state index contributed by atoms with van der Waals surface area (Å²) in [4.78, 5) is 11.2. The van der Waals surface area contributed by atoms with Crippen LogP contribution in [0.15, 0.2) is 43.0 Å². The van der Waals surface area contributed by atoms with Gasteiger partial charge in [0.15, 0.2) is 0 Å². The van der Waals surface area contributed by atoms with Gasteiger partial charge in [0, 0.05) is 12.8 Å². The molecule has 1 aromatic carbocycles. The van der Waals surface area contributed by atoms with Crippen LogP contribution in [0.4, 0.5) is 0 Å². The molecule has 0 aliphatic heterocycles. The number of hydrogen-bond donors (Lipinski definition) is 0. The summed E-state index contributed by atoms with van der Waals surface area (Å²) in [6.07, 6.45) is 2.57. The van der Waals surface area contributed by atoms with Crippen LogP contribution in [-0.4, -0.2) is 12.1 Å². The Balaban J connectivity index is 2.92. The van der Waals surface area contributed by atoms with E-state index in [0.29, 0.717) is 5.92 Å². The molecule has 0 bridgehead atoms. The lowest BCUT2D eigenvalue weighted by molar-refractivity contribution is -0.147. The number of carbonyl (C=O) groups is 1. The van der Waals surface area contributed by atoms with E-state index in [1.807, 2.05) is 36.4 Å². The zero-order valence-electron chi connectivity index (χ0n) is 11.4. The molecule has 0 radical (unpaired) electrons. The highest BCUT2D eigenvalue weighted by atomic mass is 16.5. The molecule has 0 N–H and O–H groups in total. The molecule has 18 heavy (non-hydrogen) atoms. The SMILES string of the molecule is C=C[C@@H](c1ccccc1)[C@H](CC(C)C)OC(C)=O. The van der Waals surface area contributed by atoms with Crippen LogP contribution in [0.3, 0.4) is 0 Å². The zero-order chi connectivity index (χ0) is 13.5. The molecular weight excluding hydrogens is 224 g/mol. The topological polar surface area (TPSA) is 26.3 Å². The normalized spacial score (nSPS) is 14.0. The quantitative estimate of drug-likeness (QED) is 0.561. The Morgan fingerprint density at radius 2 is 1.94 bits per heavy atom. The summed E-state index contributed by atoms with van der Waals surface area (Å²) in [7, 11) is 0.